The van der Waals surface area contributed by atoms with Gasteiger partial charge in [-0.1, -0.05) is 32.6 Å². The van der Waals surface area contributed by atoms with Crippen LogP contribution in [-0.2, 0) is 9.53 Å². The molecule has 2 N–H and O–H groups in total. The summed E-state index contributed by atoms with van der Waals surface area (Å²) in [6.07, 6.45) is 5.30. The van der Waals surface area contributed by atoms with Crippen LogP contribution in [0.1, 0.15) is 57.6 Å². The van der Waals surface area contributed by atoms with Gasteiger partial charge < -0.3 is 29.6 Å². The lowest BCUT2D eigenvalue weighted by Crippen LogP contribution is -2.45. The summed E-state index contributed by atoms with van der Waals surface area (Å²) in [5.41, 5.74) is 1.42. The Morgan fingerprint density at radius 2 is 1.63 bits per heavy atom. The van der Waals surface area contributed by atoms with Crippen LogP contribution in [0.4, 0.5) is 4.79 Å². The summed E-state index contributed by atoms with van der Waals surface area (Å²) in [6, 6.07) is 2.31. The van der Waals surface area contributed by atoms with Crippen molar-refractivity contribution in [1.29, 1.82) is 0 Å². The summed E-state index contributed by atoms with van der Waals surface area (Å²) in [4.78, 5) is 25.0. The highest BCUT2D eigenvalue weighted by Crippen LogP contribution is 2.41. The third kappa shape index (κ3) is 5.58. The Balaban J connectivity index is 2.27. The molecule has 0 radical (unpaired) electrons. The molecule has 0 bridgehead atoms. The van der Waals surface area contributed by atoms with Gasteiger partial charge in [0.25, 0.3) is 0 Å². The molecular formula is C22H32N2O6. The fraction of sp³-hybridized carbons (Fsp3) is 0.545. The number of esters is 1. The lowest BCUT2D eigenvalue weighted by atomic mass is 9.95. The maximum absolute atomic E-state index is 12.9. The first-order valence-corrected chi connectivity index (χ1v) is 10.2. The summed E-state index contributed by atoms with van der Waals surface area (Å²) >= 11 is 0. The van der Waals surface area contributed by atoms with Gasteiger partial charge in [0, 0.05) is 5.70 Å². The molecule has 1 atom stereocenters. The van der Waals surface area contributed by atoms with E-state index in [0.29, 0.717) is 40.7 Å². The van der Waals surface area contributed by atoms with Gasteiger partial charge in [-0.3, -0.25) is 0 Å². The number of hydrogen-bond donors (Lipinski definition) is 2. The Kier molecular flexibility index (Phi) is 8.83. The summed E-state index contributed by atoms with van der Waals surface area (Å²) < 4.78 is 21.7. The van der Waals surface area contributed by atoms with E-state index in [1.54, 1.807) is 19.1 Å². The second-order valence-corrected chi connectivity index (χ2v) is 7.08. The smallest absolute Gasteiger partial charge is 0.338 e. The van der Waals surface area contributed by atoms with Crippen molar-refractivity contribution in [3.05, 3.63) is 29.0 Å². The normalized spacial score (nSPS) is 15.9. The van der Waals surface area contributed by atoms with Gasteiger partial charge in [-0.05, 0) is 31.0 Å². The molecule has 8 heteroatoms. The minimum Gasteiger partial charge on any atom is -0.493 e. The number of nitrogens with one attached hydrogen (secondary N) is 2. The van der Waals surface area contributed by atoms with Crippen molar-refractivity contribution < 1.29 is 28.5 Å². The number of urea groups is 1. The number of hydrogen-bond acceptors (Lipinski definition) is 6. The van der Waals surface area contributed by atoms with E-state index >= 15 is 0 Å². The van der Waals surface area contributed by atoms with Gasteiger partial charge in [-0.25, -0.2) is 9.59 Å². The van der Waals surface area contributed by atoms with Crippen LogP contribution in [0.3, 0.4) is 0 Å². The van der Waals surface area contributed by atoms with Crippen LogP contribution in [0, 0.1) is 0 Å². The van der Waals surface area contributed by atoms with E-state index in [9.17, 15) is 9.59 Å². The molecule has 0 aromatic heterocycles. The largest absolute Gasteiger partial charge is 0.493 e. The Hall–Kier alpha value is -2.90. The van der Waals surface area contributed by atoms with Gasteiger partial charge in [-0.15, -0.1) is 0 Å². The van der Waals surface area contributed by atoms with Gasteiger partial charge in [-0.2, -0.15) is 0 Å². The summed E-state index contributed by atoms with van der Waals surface area (Å²) in [5, 5.41) is 5.44. The van der Waals surface area contributed by atoms with E-state index in [2.05, 4.69) is 17.6 Å². The molecule has 0 spiro atoms. The Labute approximate surface area is 177 Å². The number of carbonyl (C=O) groups excluding carboxylic acids is 2. The van der Waals surface area contributed by atoms with Gasteiger partial charge in [0.15, 0.2) is 11.5 Å². The molecule has 1 aliphatic heterocycles. The van der Waals surface area contributed by atoms with E-state index in [0.717, 1.165) is 25.7 Å². The maximum atomic E-state index is 12.9. The molecule has 1 aliphatic rings. The number of benzene rings is 1. The van der Waals surface area contributed by atoms with Crippen LogP contribution in [0.2, 0.25) is 0 Å². The van der Waals surface area contributed by atoms with Gasteiger partial charge >= 0.3 is 12.0 Å². The highest BCUT2D eigenvalue weighted by atomic mass is 16.5. The highest BCUT2D eigenvalue weighted by molar-refractivity contribution is 5.95. The number of rotatable bonds is 11. The number of methoxy groups -OCH3 is 3. The number of amides is 2. The monoisotopic (exact) mass is 420 g/mol. The zero-order valence-corrected chi connectivity index (χ0v) is 18.4. The van der Waals surface area contributed by atoms with Crippen molar-refractivity contribution in [1.82, 2.24) is 10.6 Å². The lowest BCUT2D eigenvalue weighted by molar-refractivity contribution is -0.139. The quantitative estimate of drug-likeness (QED) is 0.417. The van der Waals surface area contributed by atoms with Gasteiger partial charge in [0.05, 0.1) is 39.6 Å². The molecule has 8 nitrogen and oxygen atoms in total. The van der Waals surface area contributed by atoms with E-state index in [4.69, 9.17) is 18.9 Å². The first-order valence-electron chi connectivity index (χ1n) is 10.2. The second-order valence-electron chi connectivity index (χ2n) is 7.08. The molecule has 0 fully saturated rings. The van der Waals surface area contributed by atoms with Crippen molar-refractivity contribution in [3.8, 4) is 17.2 Å². The number of carbonyl (C=O) groups is 2. The molecule has 30 heavy (non-hydrogen) atoms. The Bertz CT molecular complexity index is 765. The molecule has 0 aliphatic carbocycles. The van der Waals surface area contributed by atoms with Gasteiger partial charge in [0.1, 0.15) is 0 Å². The predicted octanol–water partition coefficient (Wildman–Crippen LogP) is 3.85. The zero-order valence-electron chi connectivity index (χ0n) is 18.4. The Morgan fingerprint density at radius 1 is 1.00 bits per heavy atom. The van der Waals surface area contributed by atoms with Crippen LogP contribution < -0.4 is 24.8 Å². The fourth-order valence-corrected chi connectivity index (χ4v) is 3.43. The van der Waals surface area contributed by atoms with E-state index in [-0.39, 0.29) is 0 Å². The van der Waals surface area contributed by atoms with Crippen LogP contribution in [-0.4, -0.2) is 39.9 Å². The predicted molar refractivity (Wildman–Crippen MR) is 113 cm³/mol. The average molecular weight is 421 g/mol. The topological polar surface area (TPSA) is 95.1 Å². The summed E-state index contributed by atoms with van der Waals surface area (Å²) in [7, 11) is 4.54. The third-order valence-electron chi connectivity index (χ3n) is 4.99. The van der Waals surface area contributed by atoms with Crippen molar-refractivity contribution in [2.24, 2.45) is 0 Å². The SMILES string of the molecule is CCCCCCCOC(=O)C1=C(C)NC(=O)NC1c1cc(OC)c(OC)c(OC)c1. The third-order valence-corrected chi connectivity index (χ3v) is 4.99. The molecule has 1 unspecified atom stereocenters. The number of allylic oxidation sites excluding steroid dienone is 1. The van der Waals surface area contributed by atoms with E-state index in [1.807, 2.05) is 0 Å². The van der Waals surface area contributed by atoms with Crippen LogP contribution in [0.15, 0.2) is 23.4 Å². The summed E-state index contributed by atoms with van der Waals surface area (Å²) in [6.45, 7) is 4.18. The van der Waals surface area contributed by atoms with E-state index < -0.39 is 18.0 Å². The molecular weight excluding hydrogens is 388 g/mol. The molecule has 0 saturated heterocycles. The molecule has 2 amide bonds. The summed E-state index contributed by atoms with van der Waals surface area (Å²) in [5.74, 6) is 0.831. The van der Waals surface area contributed by atoms with Crippen molar-refractivity contribution >= 4 is 12.0 Å². The maximum Gasteiger partial charge on any atom is 0.338 e. The molecule has 1 heterocycles. The number of unbranched alkanes of at least 4 members (excludes halogenated alkanes) is 4. The molecule has 1 aromatic rings. The standard InChI is InChI=1S/C22H32N2O6/c1-6-7-8-9-10-11-30-21(25)18-14(2)23-22(26)24-19(18)15-12-16(27-3)20(29-5)17(13-15)28-4/h12-13,19H,6-11H2,1-5H3,(H2,23,24,26). The van der Waals surface area contributed by atoms with Crippen LogP contribution in [0.25, 0.3) is 0 Å². The molecule has 1 aromatic carbocycles. The second kappa shape index (κ2) is 11.3. The van der Waals surface area contributed by atoms with Crippen molar-refractivity contribution in [3.63, 3.8) is 0 Å². The average Bonchev–Trinajstić information content (AvgIpc) is 2.74. The molecule has 2 rings (SSSR count). The molecule has 0 saturated carbocycles. The minimum atomic E-state index is -0.708. The van der Waals surface area contributed by atoms with Crippen LogP contribution in [0.5, 0.6) is 17.2 Å². The van der Waals surface area contributed by atoms with E-state index in [1.165, 1.54) is 27.8 Å². The molecule has 166 valence electrons. The first-order chi connectivity index (χ1) is 14.5. The van der Waals surface area contributed by atoms with Crippen LogP contribution >= 0.6 is 0 Å². The fourth-order valence-electron chi connectivity index (χ4n) is 3.43. The first kappa shape index (κ1) is 23.4. The van der Waals surface area contributed by atoms with Crippen molar-refractivity contribution in [2.45, 2.75) is 52.0 Å². The zero-order chi connectivity index (χ0) is 22.1. The Morgan fingerprint density at radius 3 is 2.20 bits per heavy atom. The highest BCUT2D eigenvalue weighted by Gasteiger charge is 2.33. The van der Waals surface area contributed by atoms with Gasteiger partial charge in [0.2, 0.25) is 5.75 Å². The number of ether oxygens (including phenoxy) is 4. The van der Waals surface area contributed by atoms with Crippen molar-refractivity contribution in [2.75, 3.05) is 27.9 Å². The lowest BCUT2D eigenvalue weighted by Gasteiger charge is -2.29. The minimum absolute atomic E-state index is 0.343.